The molecular formula is C17H15F2N5O. The lowest BCUT2D eigenvalue weighted by atomic mass is 10.0. The number of likely N-dealkylation sites (tertiary alicyclic amines) is 1. The Hall–Kier alpha value is -3.03. The van der Waals surface area contributed by atoms with Crippen LogP contribution in [0.1, 0.15) is 10.5 Å². The lowest BCUT2D eigenvalue weighted by molar-refractivity contribution is -0.113. The largest absolute Gasteiger partial charge is 0.384 e. The summed E-state index contributed by atoms with van der Waals surface area (Å²) < 4.78 is 27.6. The number of fused-ring (bicyclic) bond motifs is 1. The summed E-state index contributed by atoms with van der Waals surface area (Å²) in [4.78, 5) is 17.8. The van der Waals surface area contributed by atoms with Crippen molar-refractivity contribution in [1.29, 1.82) is 0 Å². The Morgan fingerprint density at radius 2 is 1.96 bits per heavy atom. The minimum Gasteiger partial charge on any atom is -0.384 e. The molecule has 8 heteroatoms. The van der Waals surface area contributed by atoms with Crippen molar-refractivity contribution in [2.24, 2.45) is 7.05 Å². The van der Waals surface area contributed by atoms with Crippen LogP contribution in [-0.4, -0.2) is 44.6 Å². The smallest absolute Gasteiger partial charge is 0.282 e. The summed E-state index contributed by atoms with van der Waals surface area (Å²) in [5.74, 6) is -2.85. The predicted molar refractivity (Wildman–Crippen MR) is 89.2 cm³/mol. The highest BCUT2D eigenvalue weighted by atomic mass is 19.3. The maximum absolute atomic E-state index is 13.1. The van der Waals surface area contributed by atoms with Gasteiger partial charge in [-0.2, -0.15) is 5.10 Å². The fourth-order valence-electron chi connectivity index (χ4n) is 3.03. The maximum Gasteiger partial charge on any atom is 0.282 e. The topological polar surface area (TPSA) is 77.0 Å². The summed E-state index contributed by atoms with van der Waals surface area (Å²) in [7, 11) is 1.62. The van der Waals surface area contributed by atoms with E-state index in [0.29, 0.717) is 11.4 Å². The van der Waals surface area contributed by atoms with E-state index in [1.54, 1.807) is 25.5 Å². The second-order valence-corrected chi connectivity index (χ2v) is 6.22. The number of aryl methyl sites for hydroxylation is 1. The zero-order valence-electron chi connectivity index (χ0n) is 13.4. The van der Waals surface area contributed by atoms with E-state index >= 15 is 0 Å². The molecule has 0 radical (unpaired) electrons. The number of nitrogens with two attached hydrogens (primary N) is 1. The van der Waals surface area contributed by atoms with E-state index < -0.39 is 24.9 Å². The van der Waals surface area contributed by atoms with Crippen LogP contribution in [0.5, 0.6) is 0 Å². The van der Waals surface area contributed by atoms with Gasteiger partial charge in [-0.15, -0.1) is 0 Å². The molecule has 0 saturated carbocycles. The standard InChI is InChI=1S/C17H15F2N5O/c1-23-15(16(25)24-8-17(18,19)9-24)13(7-22-23)10-2-3-11-6-21-14(20)5-12(11)4-10/h2-7H,8-9H2,1H3,(H2,20,21). The van der Waals surface area contributed by atoms with Gasteiger partial charge in [0.15, 0.2) is 0 Å². The number of amides is 1. The van der Waals surface area contributed by atoms with Crippen molar-refractivity contribution in [2.75, 3.05) is 18.8 Å². The van der Waals surface area contributed by atoms with Crippen molar-refractivity contribution in [3.05, 3.63) is 42.4 Å². The quantitative estimate of drug-likeness (QED) is 0.775. The first-order valence-electron chi connectivity index (χ1n) is 7.69. The van der Waals surface area contributed by atoms with Gasteiger partial charge in [0.25, 0.3) is 11.8 Å². The van der Waals surface area contributed by atoms with E-state index in [4.69, 9.17) is 5.73 Å². The lowest BCUT2D eigenvalue weighted by Crippen LogP contribution is -2.58. The van der Waals surface area contributed by atoms with Gasteiger partial charge in [-0.25, -0.2) is 13.8 Å². The van der Waals surface area contributed by atoms with E-state index in [1.807, 2.05) is 18.2 Å². The number of hydrogen-bond donors (Lipinski definition) is 1. The highest BCUT2D eigenvalue weighted by Crippen LogP contribution is 2.32. The fraction of sp³-hybridized carbons (Fsp3) is 0.235. The molecule has 25 heavy (non-hydrogen) atoms. The summed E-state index contributed by atoms with van der Waals surface area (Å²) in [6, 6.07) is 7.34. The highest BCUT2D eigenvalue weighted by Gasteiger charge is 2.47. The molecule has 6 nitrogen and oxygen atoms in total. The van der Waals surface area contributed by atoms with Crippen LogP contribution in [0.3, 0.4) is 0 Å². The monoisotopic (exact) mass is 343 g/mol. The van der Waals surface area contributed by atoms with Crippen LogP contribution in [0.2, 0.25) is 0 Å². The number of pyridine rings is 1. The first-order chi connectivity index (χ1) is 11.8. The molecule has 1 aliphatic rings. The van der Waals surface area contributed by atoms with Gasteiger partial charge in [0, 0.05) is 24.2 Å². The number of carbonyl (C=O) groups is 1. The van der Waals surface area contributed by atoms with Crippen molar-refractivity contribution >= 4 is 22.5 Å². The molecule has 1 saturated heterocycles. The maximum atomic E-state index is 13.1. The number of hydrogen-bond acceptors (Lipinski definition) is 4. The molecule has 2 aromatic heterocycles. The number of nitrogens with zero attached hydrogens (tertiary/aromatic N) is 4. The van der Waals surface area contributed by atoms with Gasteiger partial charge in [-0.3, -0.25) is 9.48 Å². The number of aromatic nitrogens is 3. The molecule has 0 spiro atoms. The Morgan fingerprint density at radius 3 is 2.68 bits per heavy atom. The van der Waals surface area contributed by atoms with Crippen molar-refractivity contribution in [3.63, 3.8) is 0 Å². The third kappa shape index (κ3) is 2.59. The number of alkyl halides is 2. The second-order valence-electron chi connectivity index (χ2n) is 6.22. The van der Waals surface area contributed by atoms with Crippen LogP contribution in [0.25, 0.3) is 21.9 Å². The molecule has 3 heterocycles. The number of carbonyl (C=O) groups excluding carboxylic acids is 1. The van der Waals surface area contributed by atoms with Crippen LogP contribution >= 0.6 is 0 Å². The van der Waals surface area contributed by atoms with Gasteiger partial charge in [-0.1, -0.05) is 12.1 Å². The summed E-state index contributed by atoms with van der Waals surface area (Å²) >= 11 is 0. The molecule has 3 aromatic rings. The van der Waals surface area contributed by atoms with Crippen LogP contribution in [0, 0.1) is 0 Å². The average molecular weight is 343 g/mol. The van der Waals surface area contributed by atoms with E-state index in [-0.39, 0.29) is 5.69 Å². The molecule has 0 bridgehead atoms. The van der Waals surface area contributed by atoms with Gasteiger partial charge in [0.05, 0.1) is 19.3 Å². The molecule has 0 aliphatic carbocycles. The Kier molecular flexibility index (Phi) is 3.24. The van der Waals surface area contributed by atoms with Crippen molar-refractivity contribution in [3.8, 4) is 11.1 Å². The molecule has 0 atom stereocenters. The van der Waals surface area contributed by atoms with E-state index in [9.17, 15) is 13.6 Å². The molecule has 128 valence electrons. The van der Waals surface area contributed by atoms with E-state index in [0.717, 1.165) is 21.2 Å². The SMILES string of the molecule is Cn1ncc(-c2ccc3cnc(N)cc3c2)c1C(=O)N1CC(F)(F)C1. The lowest BCUT2D eigenvalue weighted by Gasteiger charge is -2.38. The minimum atomic E-state index is -2.80. The summed E-state index contributed by atoms with van der Waals surface area (Å²) in [6.07, 6.45) is 3.24. The van der Waals surface area contributed by atoms with E-state index in [1.165, 1.54) is 4.68 Å². The van der Waals surface area contributed by atoms with E-state index in [2.05, 4.69) is 10.1 Å². The molecule has 1 fully saturated rings. The van der Waals surface area contributed by atoms with Gasteiger partial charge < -0.3 is 10.6 Å². The molecule has 2 N–H and O–H groups in total. The molecule has 0 unspecified atom stereocenters. The van der Waals surface area contributed by atoms with Crippen LogP contribution in [-0.2, 0) is 7.05 Å². The van der Waals surface area contributed by atoms with Gasteiger partial charge in [0.1, 0.15) is 11.5 Å². The Balaban J connectivity index is 1.75. The zero-order chi connectivity index (χ0) is 17.8. The Bertz CT molecular complexity index is 990. The molecular weight excluding hydrogens is 328 g/mol. The number of anilines is 1. The first kappa shape index (κ1) is 15.5. The predicted octanol–water partition coefficient (Wildman–Crippen LogP) is 2.31. The van der Waals surface area contributed by atoms with Crippen molar-refractivity contribution in [1.82, 2.24) is 19.7 Å². The van der Waals surface area contributed by atoms with Gasteiger partial charge in [-0.05, 0) is 23.1 Å². The summed E-state index contributed by atoms with van der Waals surface area (Å²) in [5, 5.41) is 5.92. The van der Waals surface area contributed by atoms with Crippen LogP contribution in [0.15, 0.2) is 36.7 Å². The van der Waals surface area contributed by atoms with Crippen molar-refractivity contribution in [2.45, 2.75) is 5.92 Å². The third-order valence-electron chi connectivity index (χ3n) is 4.33. The van der Waals surface area contributed by atoms with Crippen LogP contribution in [0.4, 0.5) is 14.6 Å². The Labute approximate surface area is 141 Å². The first-order valence-corrected chi connectivity index (χ1v) is 7.69. The van der Waals surface area contributed by atoms with Crippen LogP contribution < -0.4 is 5.73 Å². The van der Waals surface area contributed by atoms with Gasteiger partial charge >= 0.3 is 0 Å². The normalized spacial score (nSPS) is 16.0. The molecule has 1 aliphatic heterocycles. The number of nitrogen functional groups attached to an aromatic ring is 1. The molecule has 1 amide bonds. The Morgan fingerprint density at radius 1 is 1.20 bits per heavy atom. The fourth-order valence-corrected chi connectivity index (χ4v) is 3.03. The summed E-state index contributed by atoms with van der Waals surface area (Å²) in [5.41, 5.74) is 7.38. The molecule has 4 rings (SSSR count). The zero-order valence-corrected chi connectivity index (χ0v) is 13.4. The average Bonchev–Trinajstić information content (AvgIpc) is 2.92. The van der Waals surface area contributed by atoms with Crippen molar-refractivity contribution < 1.29 is 13.6 Å². The summed E-state index contributed by atoms with van der Waals surface area (Å²) in [6.45, 7) is -1.12. The second kappa shape index (κ2) is 5.23. The highest BCUT2D eigenvalue weighted by molar-refractivity contribution is 6.01. The number of benzene rings is 1. The van der Waals surface area contributed by atoms with Gasteiger partial charge in [0.2, 0.25) is 0 Å². The number of halogens is 2. The molecule has 1 aromatic carbocycles. The minimum absolute atomic E-state index is 0.289. The third-order valence-corrected chi connectivity index (χ3v) is 4.33. The number of rotatable bonds is 2.